The first kappa shape index (κ1) is 16.7. The van der Waals surface area contributed by atoms with Crippen LogP contribution in [-0.2, 0) is 20.7 Å². The molecule has 6 heteroatoms. The van der Waals surface area contributed by atoms with Crippen LogP contribution in [0.1, 0.15) is 15.9 Å². The van der Waals surface area contributed by atoms with Gasteiger partial charge in [0.25, 0.3) is 5.91 Å². The normalized spacial score (nSPS) is 12.4. The molecule has 0 spiro atoms. The number of ether oxygens (including phenoxy) is 2. The van der Waals surface area contributed by atoms with Gasteiger partial charge < -0.3 is 14.4 Å². The highest BCUT2D eigenvalue weighted by Gasteiger charge is 2.24. The van der Waals surface area contributed by atoms with E-state index in [4.69, 9.17) is 9.47 Å². The van der Waals surface area contributed by atoms with Crippen LogP contribution in [0.4, 0.5) is 5.69 Å². The summed E-state index contributed by atoms with van der Waals surface area (Å²) in [6.45, 7) is -0.125. The van der Waals surface area contributed by atoms with Crippen molar-refractivity contribution in [3.8, 4) is 5.75 Å². The Labute approximate surface area is 145 Å². The molecule has 0 aliphatic carbocycles. The average Bonchev–Trinajstić information content (AvgIpc) is 3.09. The number of esters is 1. The van der Waals surface area contributed by atoms with Gasteiger partial charge in [0.1, 0.15) is 5.75 Å². The zero-order valence-corrected chi connectivity index (χ0v) is 13.5. The van der Waals surface area contributed by atoms with Crippen LogP contribution < -0.4 is 9.64 Å². The third-order valence-corrected chi connectivity index (χ3v) is 3.94. The maximum atomic E-state index is 12.2. The van der Waals surface area contributed by atoms with Crippen LogP contribution in [0.15, 0.2) is 48.5 Å². The third kappa shape index (κ3) is 3.85. The van der Waals surface area contributed by atoms with Crippen molar-refractivity contribution < 1.29 is 23.9 Å². The SMILES string of the molecule is O=Cc1ccccc1OCC(=O)OCC(=O)N1CCc2ccccc21. The molecule has 3 rings (SSSR count). The molecule has 1 aliphatic rings. The summed E-state index contributed by atoms with van der Waals surface area (Å²) in [5.74, 6) is -0.637. The number of anilines is 1. The monoisotopic (exact) mass is 339 g/mol. The maximum Gasteiger partial charge on any atom is 0.344 e. The molecule has 2 aromatic rings. The Morgan fingerprint density at radius 3 is 2.64 bits per heavy atom. The molecule has 0 bridgehead atoms. The van der Waals surface area contributed by atoms with E-state index in [1.165, 1.54) is 0 Å². The number of benzene rings is 2. The number of hydrogen-bond donors (Lipinski definition) is 0. The molecule has 1 aliphatic heterocycles. The summed E-state index contributed by atoms with van der Waals surface area (Å²) in [6.07, 6.45) is 1.44. The smallest absolute Gasteiger partial charge is 0.344 e. The Hall–Kier alpha value is -3.15. The second-order valence-corrected chi connectivity index (χ2v) is 5.53. The molecule has 2 aromatic carbocycles. The van der Waals surface area contributed by atoms with E-state index in [2.05, 4.69) is 0 Å². The lowest BCUT2D eigenvalue weighted by Gasteiger charge is -2.17. The van der Waals surface area contributed by atoms with Gasteiger partial charge in [0.05, 0.1) is 5.56 Å². The molecule has 0 aromatic heterocycles. The van der Waals surface area contributed by atoms with Gasteiger partial charge in [0, 0.05) is 12.2 Å². The van der Waals surface area contributed by atoms with Crippen molar-refractivity contribution in [2.75, 3.05) is 24.7 Å². The van der Waals surface area contributed by atoms with E-state index < -0.39 is 5.97 Å². The number of fused-ring (bicyclic) bond motifs is 1. The Morgan fingerprint density at radius 1 is 1.04 bits per heavy atom. The molecule has 0 saturated carbocycles. The van der Waals surface area contributed by atoms with Gasteiger partial charge in [-0.3, -0.25) is 9.59 Å². The second-order valence-electron chi connectivity index (χ2n) is 5.53. The minimum atomic E-state index is -0.665. The van der Waals surface area contributed by atoms with Crippen molar-refractivity contribution in [2.45, 2.75) is 6.42 Å². The zero-order valence-electron chi connectivity index (χ0n) is 13.5. The maximum absolute atomic E-state index is 12.2. The zero-order chi connectivity index (χ0) is 17.6. The van der Waals surface area contributed by atoms with E-state index in [1.807, 2.05) is 24.3 Å². The minimum absolute atomic E-state index is 0.272. The molecule has 1 amide bonds. The van der Waals surface area contributed by atoms with Gasteiger partial charge in [0.15, 0.2) is 19.5 Å². The van der Waals surface area contributed by atoms with Crippen molar-refractivity contribution in [3.05, 3.63) is 59.7 Å². The predicted octanol–water partition coefficient (Wildman–Crippen LogP) is 2.01. The third-order valence-electron chi connectivity index (χ3n) is 3.94. The van der Waals surface area contributed by atoms with Crippen molar-refractivity contribution in [1.82, 2.24) is 0 Å². The van der Waals surface area contributed by atoms with Crippen LogP contribution in [0.25, 0.3) is 0 Å². The summed E-state index contributed by atoms with van der Waals surface area (Å²) in [6, 6.07) is 14.2. The lowest BCUT2D eigenvalue weighted by molar-refractivity contribution is -0.149. The number of hydrogen-bond acceptors (Lipinski definition) is 5. The fraction of sp³-hybridized carbons (Fsp3) is 0.211. The predicted molar refractivity (Wildman–Crippen MR) is 90.8 cm³/mol. The highest BCUT2D eigenvalue weighted by Crippen LogP contribution is 2.27. The molecule has 0 unspecified atom stereocenters. The van der Waals surface area contributed by atoms with Gasteiger partial charge >= 0.3 is 5.97 Å². The summed E-state index contributed by atoms with van der Waals surface area (Å²) in [5.41, 5.74) is 2.32. The summed E-state index contributed by atoms with van der Waals surface area (Å²) in [7, 11) is 0. The molecule has 0 atom stereocenters. The number of aldehydes is 1. The molecular weight excluding hydrogens is 322 g/mol. The Balaban J connectivity index is 1.49. The fourth-order valence-electron chi connectivity index (χ4n) is 2.71. The van der Waals surface area contributed by atoms with E-state index in [9.17, 15) is 14.4 Å². The Morgan fingerprint density at radius 2 is 1.80 bits per heavy atom. The lowest BCUT2D eigenvalue weighted by atomic mass is 10.2. The summed E-state index contributed by atoms with van der Waals surface area (Å²) < 4.78 is 10.3. The number of amides is 1. The molecule has 6 nitrogen and oxygen atoms in total. The molecule has 0 N–H and O–H groups in total. The molecule has 0 saturated heterocycles. The van der Waals surface area contributed by atoms with E-state index in [0.717, 1.165) is 17.7 Å². The number of nitrogens with zero attached hydrogens (tertiary/aromatic N) is 1. The Kier molecular flexibility index (Phi) is 5.09. The van der Waals surface area contributed by atoms with Crippen molar-refractivity contribution in [2.24, 2.45) is 0 Å². The summed E-state index contributed by atoms with van der Waals surface area (Å²) in [5, 5.41) is 0. The van der Waals surface area contributed by atoms with Gasteiger partial charge in [-0.1, -0.05) is 30.3 Å². The van der Waals surface area contributed by atoms with Gasteiger partial charge in [-0.15, -0.1) is 0 Å². The van der Waals surface area contributed by atoms with E-state index in [1.54, 1.807) is 29.2 Å². The van der Waals surface area contributed by atoms with Gasteiger partial charge in [-0.25, -0.2) is 4.79 Å². The highest BCUT2D eigenvalue weighted by molar-refractivity contribution is 5.97. The number of carbonyl (C=O) groups is 3. The lowest BCUT2D eigenvalue weighted by Crippen LogP contribution is -2.33. The van der Waals surface area contributed by atoms with Crippen molar-refractivity contribution >= 4 is 23.9 Å². The molecule has 0 radical (unpaired) electrons. The van der Waals surface area contributed by atoms with Crippen LogP contribution in [0.2, 0.25) is 0 Å². The first-order valence-electron chi connectivity index (χ1n) is 7.90. The molecule has 128 valence electrons. The molecule has 1 heterocycles. The van der Waals surface area contributed by atoms with Crippen LogP contribution in [0.3, 0.4) is 0 Å². The van der Waals surface area contributed by atoms with E-state index >= 15 is 0 Å². The van der Waals surface area contributed by atoms with Gasteiger partial charge in [-0.2, -0.15) is 0 Å². The van der Waals surface area contributed by atoms with Crippen LogP contribution in [-0.4, -0.2) is 37.9 Å². The number of rotatable bonds is 6. The fourth-order valence-corrected chi connectivity index (χ4v) is 2.71. The van der Waals surface area contributed by atoms with Gasteiger partial charge in [0.2, 0.25) is 0 Å². The molecule has 25 heavy (non-hydrogen) atoms. The summed E-state index contributed by atoms with van der Waals surface area (Å²) >= 11 is 0. The van der Waals surface area contributed by atoms with E-state index in [-0.39, 0.29) is 19.1 Å². The summed E-state index contributed by atoms with van der Waals surface area (Å²) in [4.78, 5) is 36.5. The number of para-hydroxylation sites is 2. The first-order chi connectivity index (χ1) is 12.2. The highest BCUT2D eigenvalue weighted by atomic mass is 16.6. The van der Waals surface area contributed by atoms with Crippen molar-refractivity contribution in [3.63, 3.8) is 0 Å². The number of carbonyl (C=O) groups excluding carboxylic acids is 3. The minimum Gasteiger partial charge on any atom is -0.481 e. The molecule has 0 fully saturated rings. The van der Waals surface area contributed by atoms with Crippen molar-refractivity contribution in [1.29, 1.82) is 0 Å². The quantitative estimate of drug-likeness (QED) is 0.595. The second kappa shape index (κ2) is 7.61. The van der Waals surface area contributed by atoms with Crippen LogP contribution >= 0.6 is 0 Å². The standard InChI is InChI=1S/C19H17NO5/c21-11-15-6-2-4-8-17(15)24-13-19(23)25-12-18(22)20-10-9-14-5-1-3-7-16(14)20/h1-8,11H,9-10,12-13H2. The van der Waals surface area contributed by atoms with E-state index in [0.29, 0.717) is 24.1 Å². The van der Waals surface area contributed by atoms with Crippen LogP contribution in [0, 0.1) is 0 Å². The Bertz CT molecular complexity index is 802. The average molecular weight is 339 g/mol. The molecular formula is C19H17NO5. The van der Waals surface area contributed by atoms with Crippen LogP contribution in [0.5, 0.6) is 5.75 Å². The largest absolute Gasteiger partial charge is 0.481 e. The first-order valence-corrected chi connectivity index (χ1v) is 7.90. The topological polar surface area (TPSA) is 72.9 Å². The van der Waals surface area contributed by atoms with Gasteiger partial charge in [-0.05, 0) is 30.2 Å².